The van der Waals surface area contributed by atoms with Gasteiger partial charge in [-0.25, -0.2) is 0 Å². The highest BCUT2D eigenvalue weighted by Crippen LogP contribution is 2.00. The predicted molar refractivity (Wildman–Crippen MR) is 81.5 cm³/mol. The van der Waals surface area contributed by atoms with E-state index in [1.165, 1.54) is 6.21 Å². The molecule has 6 nitrogen and oxygen atoms in total. The lowest BCUT2D eigenvalue weighted by atomic mass is 10.2. The maximum absolute atomic E-state index is 12.1. The van der Waals surface area contributed by atoms with E-state index in [1.54, 1.807) is 29.9 Å². The maximum Gasteiger partial charge on any atom is 0.257 e. The quantitative estimate of drug-likeness (QED) is 0.253. The van der Waals surface area contributed by atoms with Crippen LogP contribution in [0.4, 0.5) is 0 Å². The molecule has 0 saturated carbocycles. The molecule has 0 aromatic carbocycles. The molecular weight excluding hydrogens is 268 g/mol. The van der Waals surface area contributed by atoms with Gasteiger partial charge in [-0.1, -0.05) is 5.16 Å². The van der Waals surface area contributed by atoms with E-state index in [2.05, 4.69) is 31.4 Å². The number of carbonyl (C=O) groups is 1. The Hall–Kier alpha value is -1.95. The van der Waals surface area contributed by atoms with E-state index < -0.39 is 0 Å². The molecule has 1 rings (SSSR count). The topological polar surface area (TPSA) is 65.6 Å². The summed E-state index contributed by atoms with van der Waals surface area (Å²) >= 11 is 0. The second-order valence-electron chi connectivity index (χ2n) is 5.43. The van der Waals surface area contributed by atoms with Crippen molar-refractivity contribution in [2.75, 3.05) is 33.2 Å². The highest BCUT2D eigenvalue weighted by molar-refractivity contribution is 5.93. The molecule has 0 saturated heterocycles. The van der Waals surface area contributed by atoms with Crippen molar-refractivity contribution in [2.24, 2.45) is 12.2 Å². The summed E-state index contributed by atoms with van der Waals surface area (Å²) in [7, 11) is 3.99. The first-order valence-corrected chi connectivity index (χ1v) is 7.24. The first-order chi connectivity index (χ1) is 9.95. The fourth-order valence-electron chi connectivity index (χ4n) is 2.03. The maximum atomic E-state index is 12.1. The number of oxime groups is 1. The van der Waals surface area contributed by atoms with Crippen molar-refractivity contribution in [2.45, 2.75) is 13.8 Å². The smallest absolute Gasteiger partial charge is 0.257 e. The van der Waals surface area contributed by atoms with Gasteiger partial charge in [-0.05, 0) is 19.9 Å². The van der Waals surface area contributed by atoms with Gasteiger partial charge in [0.1, 0.15) is 18.8 Å². The lowest BCUT2D eigenvalue weighted by molar-refractivity contribution is -0.904. The fraction of sp³-hybridized carbons (Fsp3) is 0.533. The average Bonchev–Trinajstić information content (AvgIpc) is 2.49. The molecule has 0 radical (unpaired) electrons. The van der Waals surface area contributed by atoms with E-state index >= 15 is 0 Å². The first kappa shape index (κ1) is 17.1. The molecule has 0 aliphatic rings. The molecule has 1 aromatic heterocycles. The van der Waals surface area contributed by atoms with Crippen molar-refractivity contribution >= 4 is 12.1 Å². The number of nitrogens with zero attached hydrogens (tertiary/aromatic N) is 3. The number of hydrogen-bond donors (Lipinski definition) is 2. The minimum atomic E-state index is -0.0863. The highest BCUT2D eigenvalue weighted by Gasteiger charge is 2.17. The Morgan fingerprint density at radius 1 is 1.43 bits per heavy atom. The standard InChI is InChI=1S/C15H24N4O2/c1-5-19(4,6-2)10-9-16-15(20)13-7-8-14(11-17-21)18(3)12-13/h7-8,11-12H,5-6,9-10H2,1-4H3/p+2. The molecule has 2 N–H and O–H groups in total. The number of aromatic nitrogens is 1. The van der Waals surface area contributed by atoms with Crippen LogP contribution in [0.15, 0.2) is 23.5 Å². The third kappa shape index (κ3) is 4.82. The second kappa shape index (κ2) is 7.73. The van der Waals surface area contributed by atoms with Crippen molar-refractivity contribution in [3.05, 3.63) is 29.6 Å². The van der Waals surface area contributed by atoms with Crippen LogP contribution in [0.2, 0.25) is 0 Å². The van der Waals surface area contributed by atoms with Crippen molar-refractivity contribution in [3.63, 3.8) is 0 Å². The van der Waals surface area contributed by atoms with Crippen LogP contribution < -0.4 is 9.88 Å². The molecule has 1 heterocycles. The van der Waals surface area contributed by atoms with Gasteiger partial charge in [0.25, 0.3) is 5.91 Å². The summed E-state index contributed by atoms with van der Waals surface area (Å²) in [6.07, 6.45) is 3.05. The third-order valence-corrected chi connectivity index (χ3v) is 4.09. The van der Waals surface area contributed by atoms with Gasteiger partial charge >= 0.3 is 0 Å². The van der Waals surface area contributed by atoms with Gasteiger partial charge in [-0.3, -0.25) is 4.79 Å². The number of likely N-dealkylation sites (N-methyl/N-ethyl adjacent to an activating group) is 1. The van der Waals surface area contributed by atoms with Crippen LogP contribution in [0, 0.1) is 0 Å². The molecule has 0 aliphatic carbocycles. The van der Waals surface area contributed by atoms with Crippen molar-refractivity contribution in [3.8, 4) is 0 Å². The minimum absolute atomic E-state index is 0.0863. The van der Waals surface area contributed by atoms with Crippen LogP contribution in [0.5, 0.6) is 0 Å². The minimum Gasteiger partial charge on any atom is -0.411 e. The number of rotatable bonds is 7. The normalized spacial score (nSPS) is 11.8. The van der Waals surface area contributed by atoms with Gasteiger partial charge in [0, 0.05) is 6.07 Å². The number of amides is 1. The zero-order valence-corrected chi connectivity index (χ0v) is 13.3. The number of pyridine rings is 1. The summed E-state index contributed by atoms with van der Waals surface area (Å²) in [6, 6.07) is 3.47. The van der Waals surface area contributed by atoms with Crippen LogP contribution in [0.1, 0.15) is 29.9 Å². The van der Waals surface area contributed by atoms with Gasteiger partial charge in [0.05, 0.1) is 33.2 Å². The lowest BCUT2D eigenvalue weighted by Crippen LogP contribution is -2.48. The first-order valence-electron chi connectivity index (χ1n) is 7.24. The van der Waals surface area contributed by atoms with Crippen LogP contribution in [0.3, 0.4) is 0 Å². The van der Waals surface area contributed by atoms with E-state index in [0.717, 1.165) is 29.8 Å². The summed E-state index contributed by atoms with van der Waals surface area (Å²) in [5.74, 6) is -0.0863. The molecule has 0 bridgehead atoms. The number of hydrogen-bond acceptors (Lipinski definition) is 3. The number of quaternary nitrogens is 1. The van der Waals surface area contributed by atoms with E-state index in [0.29, 0.717) is 12.1 Å². The Labute approximate surface area is 126 Å². The Kier molecular flexibility index (Phi) is 6.30. The van der Waals surface area contributed by atoms with Gasteiger partial charge in [-0.15, -0.1) is 0 Å². The van der Waals surface area contributed by atoms with E-state index in [9.17, 15) is 4.79 Å². The summed E-state index contributed by atoms with van der Waals surface area (Å²) in [6.45, 7) is 7.99. The summed E-state index contributed by atoms with van der Waals surface area (Å²) in [5, 5.41) is 14.5. The Morgan fingerprint density at radius 3 is 2.62 bits per heavy atom. The summed E-state index contributed by atoms with van der Waals surface area (Å²) in [5.41, 5.74) is 1.31. The number of aryl methyl sites for hydroxylation is 1. The molecule has 0 atom stereocenters. The average molecular weight is 294 g/mol. The zero-order valence-electron chi connectivity index (χ0n) is 13.3. The molecule has 0 unspecified atom stereocenters. The van der Waals surface area contributed by atoms with Gasteiger partial charge in [0.15, 0.2) is 6.20 Å². The van der Waals surface area contributed by atoms with Crippen LogP contribution >= 0.6 is 0 Å². The molecule has 1 amide bonds. The van der Waals surface area contributed by atoms with Crippen molar-refractivity contribution in [1.29, 1.82) is 0 Å². The molecule has 0 fully saturated rings. The second-order valence-corrected chi connectivity index (χ2v) is 5.43. The predicted octanol–water partition coefficient (Wildman–Crippen LogP) is 0.535. The highest BCUT2D eigenvalue weighted by atomic mass is 16.4. The molecule has 0 spiro atoms. The van der Waals surface area contributed by atoms with Crippen molar-refractivity contribution < 1.29 is 19.1 Å². The van der Waals surface area contributed by atoms with Crippen molar-refractivity contribution in [1.82, 2.24) is 5.32 Å². The number of carbonyl (C=O) groups excluding carboxylic acids is 1. The third-order valence-electron chi connectivity index (χ3n) is 4.09. The van der Waals surface area contributed by atoms with Gasteiger partial charge in [0.2, 0.25) is 5.69 Å². The molecule has 6 heteroatoms. The Balaban J connectivity index is 2.62. The SMILES string of the molecule is CC[N+](C)(CC)CCNC(=O)c1ccc(/C=N/O)[n+](C)c1. The summed E-state index contributed by atoms with van der Waals surface area (Å²) < 4.78 is 2.69. The van der Waals surface area contributed by atoms with Gasteiger partial charge < -0.3 is 15.0 Å². The largest absolute Gasteiger partial charge is 0.411 e. The molecule has 0 aliphatic heterocycles. The van der Waals surface area contributed by atoms with Crippen LogP contribution in [-0.4, -0.2) is 55.0 Å². The lowest BCUT2D eigenvalue weighted by Gasteiger charge is -2.32. The zero-order chi connectivity index (χ0) is 15.9. The van der Waals surface area contributed by atoms with E-state index in [-0.39, 0.29) is 5.91 Å². The monoisotopic (exact) mass is 294 g/mol. The number of nitrogens with one attached hydrogen (secondary N) is 1. The molecule has 21 heavy (non-hydrogen) atoms. The Bertz CT molecular complexity index is 510. The summed E-state index contributed by atoms with van der Waals surface area (Å²) in [4.78, 5) is 12.1. The van der Waals surface area contributed by atoms with E-state index in [1.807, 2.05) is 0 Å². The molecule has 116 valence electrons. The van der Waals surface area contributed by atoms with E-state index in [4.69, 9.17) is 5.21 Å². The molecular formula is C15H26N4O2+2. The van der Waals surface area contributed by atoms with Crippen LogP contribution in [-0.2, 0) is 7.05 Å². The van der Waals surface area contributed by atoms with Crippen LogP contribution in [0.25, 0.3) is 0 Å². The Morgan fingerprint density at radius 2 is 2.10 bits per heavy atom. The molecule has 1 aromatic rings. The fourth-order valence-corrected chi connectivity index (χ4v) is 2.03. The van der Waals surface area contributed by atoms with Gasteiger partial charge in [-0.2, -0.15) is 4.57 Å².